The Hall–Kier alpha value is -1.78. The molecule has 17 heavy (non-hydrogen) atoms. The van der Waals surface area contributed by atoms with Crippen LogP contribution in [0.1, 0.15) is 12.8 Å². The van der Waals surface area contributed by atoms with Crippen LogP contribution in [0.5, 0.6) is 5.75 Å². The van der Waals surface area contributed by atoms with Crippen molar-refractivity contribution in [3.05, 3.63) is 24.0 Å². The number of nitrogens with one attached hydrogen (secondary N) is 1. The summed E-state index contributed by atoms with van der Waals surface area (Å²) in [5, 5.41) is 11.9. The average molecular weight is 239 g/mol. The number of methoxy groups -OCH3 is 1. The van der Waals surface area contributed by atoms with Gasteiger partial charge in [0.05, 0.1) is 7.11 Å². The van der Waals surface area contributed by atoms with E-state index in [0.717, 1.165) is 12.8 Å². The molecule has 0 saturated heterocycles. The van der Waals surface area contributed by atoms with Crippen molar-refractivity contribution in [3.63, 3.8) is 0 Å². The monoisotopic (exact) mass is 239 g/mol. The summed E-state index contributed by atoms with van der Waals surface area (Å²) in [7, 11) is 1.38. The molecule has 2 N–H and O–H groups in total. The topological polar surface area (TPSA) is 58.6 Å². The largest absolute Gasteiger partial charge is 0.494 e. The van der Waals surface area contributed by atoms with Crippen molar-refractivity contribution >= 4 is 11.7 Å². The van der Waals surface area contributed by atoms with E-state index in [1.807, 2.05) is 0 Å². The molecule has 1 saturated carbocycles. The first-order chi connectivity index (χ1) is 8.11. The molecule has 92 valence electrons. The summed E-state index contributed by atoms with van der Waals surface area (Å²) in [6.45, 7) is 0. The van der Waals surface area contributed by atoms with Crippen LogP contribution in [0.15, 0.2) is 18.2 Å². The number of carboxylic acid groups (broad SMARTS) is 1. The molecule has 0 heterocycles. The van der Waals surface area contributed by atoms with Gasteiger partial charge in [-0.2, -0.15) is 0 Å². The molecule has 0 aliphatic heterocycles. The molecular formula is C12H14FNO3. The summed E-state index contributed by atoms with van der Waals surface area (Å²) in [6.07, 6.45) is 1.81. The van der Waals surface area contributed by atoms with Gasteiger partial charge in [0.2, 0.25) is 0 Å². The number of benzene rings is 1. The number of aliphatic carboxylic acids is 1. The van der Waals surface area contributed by atoms with Gasteiger partial charge < -0.3 is 15.2 Å². The van der Waals surface area contributed by atoms with Crippen molar-refractivity contribution < 1.29 is 19.0 Å². The van der Waals surface area contributed by atoms with Crippen LogP contribution in [0.2, 0.25) is 0 Å². The molecule has 1 aromatic rings. The fraction of sp³-hybridized carbons (Fsp3) is 0.417. The van der Waals surface area contributed by atoms with Gasteiger partial charge in [0.15, 0.2) is 11.6 Å². The van der Waals surface area contributed by atoms with Gasteiger partial charge in [-0.05, 0) is 30.9 Å². The first-order valence-electron chi connectivity index (χ1n) is 5.44. The molecule has 1 aliphatic carbocycles. The third kappa shape index (κ3) is 2.67. The van der Waals surface area contributed by atoms with E-state index in [0.29, 0.717) is 5.69 Å². The van der Waals surface area contributed by atoms with Gasteiger partial charge in [-0.25, -0.2) is 9.18 Å². The maximum atomic E-state index is 13.4. The van der Waals surface area contributed by atoms with Crippen LogP contribution in [0.3, 0.4) is 0 Å². The lowest BCUT2D eigenvalue weighted by molar-refractivity contribution is -0.138. The number of halogens is 1. The molecule has 0 aromatic heterocycles. The van der Waals surface area contributed by atoms with Gasteiger partial charge in [-0.1, -0.05) is 0 Å². The van der Waals surface area contributed by atoms with Crippen molar-refractivity contribution in [2.24, 2.45) is 5.92 Å². The Morgan fingerprint density at radius 2 is 2.29 bits per heavy atom. The highest BCUT2D eigenvalue weighted by molar-refractivity contribution is 5.78. The first kappa shape index (κ1) is 11.7. The Labute approximate surface area is 98.4 Å². The molecule has 4 nitrogen and oxygen atoms in total. The van der Waals surface area contributed by atoms with E-state index >= 15 is 0 Å². The Morgan fingerprint density at radius 3 is 2.76 bits per heavy atom. The second-order valence-corrected chi connectivity index (χ2v) is 4.15. The molecule has 0 spiro atoms. The second kappa shape index (κ2) is 4.61. The minimum Gasteiger partial charge on any atom is -0.494 e. The van der Waals surface area contributed by atoms with Gasteiger partial charge in [0.25, 0.3) is 0 Å². The zero-order valence-electron chi connectivity index (χ0n) is 9.44. The van der Waals surface area contributed by atoms with Gasteiger partial charge in [0.1, 0.15) is 6.04 Å². The van der Waals surface area contributed by atoms with E-state index in [9.17, 15) is 9.18 Å². The number of hydrogen-bond donors (Lipinski definition) is 2. The Balaban J connectivity index is 2.11. The Bertz CT molecular complexity index is 432. The minimum absolute atomic E-state index is 0.147. The number of ether oxygens (including phenoxy) is 1. The lowest BCUT2D eigenvalue weighted by Gasteiger charge is -2.15. The first-order valence-corrected chi connectivity index (χ1v) is 5.44. The van der Waals surface area contributed by atoms with E-state index in [4.69, 9.17) is 9.84 Å². The Kier molecular flexibility index (Phi) is 3.17. The molecule has 2 rings (SSSR count). The van der Waals surface area contributed by atoms with Gasteiger partial charge in [-0.15, -0.1) is 0 Å². The molecule has 0 radical (unpaired) electrons. The summed E-state index contributed by atoms with van der Waals surface area (Å²) in [5.41, 5.74) is 0.461. The molecule has 1 atom stereocenters. The van der Waals surface area contributed by atoms with Gasteiger partial charge in [-0.3, -0.25) is 0 Å². The molecule has 0 bridgehead atoms. The SMILES string of the molecule is COc1ccc(NC(C(=O)O)C2CC2)cc1F. The number of carboxylic acids is 1. The summed E-state index contributed by atoms with van der Waals surface area (Å²) < 4.78 is 18.2. The lowest BCUT2D eigenvalue weighted by Crippen LogP contribution is -2.31. The van der Waals surface area contributed by atoms with Crippen LogP contribution >= 0.6 is 0 Å². The lowest BCUT2D eigenvalue weighted by atomic mass is 10.1. The second-order valence-electron chi connectivity index (χ2n) is 4.15. The summed E-state index contributed by atoms with van der Waals surface area (Å²) in [5.74, 6) is -1.10. The number of rotatable bonds is 5. The predicted octanol–water partition coefficient (Wildman–Crippen LogP) is 2.11. The van der Waals surface area contributed by atoms with Crippen molar-refractivity contribution in [3.8, 4) is 5.75 Å². The Morgan fingerprint density at radius 1 is 1.59 bits per heavy atom. The highest BCUT2D eigenvalue weighted by atomic mass is 19.1. The number of carbonyl (C=O) groups is 1. The molecule has 1 unspecified atom stereocenters. The van der Waals surface area contributed by atoms with Crippen molar-refractivity contribution in [2.75, 3.05) is 12.4 Å². The molecule has 0 amide bonds. The summed E-state index contributed by atoms with van der Waals surface area (Å²) >= 11 is 0. The summed E-state index contributed by atoms with van der Waals surface area (Å²) in [6, 6.07) is 3.70. The fourth-order valence-corrected chi connectivity index (χ4v) is 1.75. The normalized spacial score (nSPS) is 16.4. The smallest absolute Gasteiger partial charge is 0.326 e. The van der Waals surface area contributed by atoms with E-state index in [1.54, 1.807) is 6.07 Å². The summed E-state index contributed by atoms with van der Waals surface area (Å²) in [4.78, 5) is 11.0. The van der Waals surface area contributed by atoms with Gasteiger partial charge in [0, 0.05) is 11.8 Å². The molecule has 1 aromatic carbocycles. The predicted molar refractivity (Wildman–Crippen MR) is 60.7 cm³/mol. The average Bonchev–Trinajstić information content (AvgIpc) is 3.09. The standard InChI is InChI=1S/C12H14FNO3/c1-17-10-5-4-8(6-9(10)13)14-11(12(15)16)7-2-3-7/h4-7,11,14H,2-3H2,1H3,(H,15,16). The van der Waals surface area contributed by atoms with Crippen LogP contribution in [0.4, 0.5) is 10.1 Å². The maximum absolute atomic E-state index is 13.4. The zero-order chi connectivity index (χ0) is 12.4. The van der Waals surface area contributed by atoms with Crippen molar-refractivity contribution in [1.82, 2.24) is 0 Å². The van der Waals surface area contributed by atoms with E-state index in [2.05, 4.69) is 5.32 Å². The molecule has 1 fully saturated rings. The third-order valence-corrected chi connectivity index (χ3v) is 2.83. The number of anilines is 1. The zero-order valence-corrected chi connectivity index (χ0v) is 9.44. The van der Waals surface area contributed by atoms with E-state index in [-0.39, 0.29) is 11.7 Å². The number of hydrogen-bond acceptors (Lipinski definition) is 3. The fourth-order valence-electron chi connectivity index (χ4n) is 1.75. The van der Waals surface area contributed by atoms with E-state index < -0.39 is 17.8 Å². The quantitative estimate of drug-likeness (QED) is 0.826. The van der Waals surface area contributed by atoms with Crippen molar-refractivity contribution in [2.45, 2.75) is 18.9 Å². The molecule has 5 heteroatoms. The van der Waals surface area contributed by atoms with Gasteiger partial charge >= 0.3 is 5.97 Å². The van der Waals surface area contributed by atoms with Crippen LogP contribution in [0, 0.1) is 11.7 Å². The van der Waals surface area contributed by atoms with Crippen LogP contribution < -0.4 is 10.1 Å². The molecule has 1 aliphatic rings. The van der Waals surface area contributed by atoms with Crippen molar-refractivity contribution in [1.29, 1.82) is 0 Å². The van der Waals surface area contributed by atoms with Crippen LogP contribution in [0.25, 0.3) is 0 Å². The highest BCUT2D eigenvalue weighted by Gasteiger charge is 2.36. The third-order valence-electron chi connectivity index (χ3n) is 2.83. The highest BCUT2D eigenvalue weighted by Crippen LogP contribution is 2.34. The van der Waals surface area contributed by atoms with Crippen LogP contribution in [-0.2, 0) is 4.79 Å². The van der Waals surface area contributed by atoms with E-state index in [1.165, 1.54) is 19.2 Å². The minimum atomic E-state index is -0.899. The van der Waals surface area contributed by atoms with Crippen LogP contribution in [-0.4, -0.2) is 24.2 Å². The maximum Gasteiger partial charge on any atom is 0.326 e. The molecular weight excluding hydrogens is 225 g/mol.